The van der Waals surface area contributed by atoms with Crippen LogP contribution in [0.2, 0.25) is 5.02 Å². The number of nitrogens with one attached hydrogen (secondary N) is 1. The van der Waals surface area contributed by atoms with Crippen LogP contribution in [0.15, 0.2) is 41.2 Å². The maximum atomic E-state index is 11.1. The summed E-state index contributed by atoms with van der Waals surface area (Å²) in [5.41, 5.74) is 7.48. The molecule has 0 amide bonds. The molecule has 3 N–H and O–H groups in total. The third kappa shape index (κ3) is 2.02. The lowest BCUT2D eigenvalue weighted by molar-refractivity contribution is 1.24. The molecule has 3 nitrogen and oxygen atoms in total. The highest BCUT2D eigenvalue weighted by molar-refractivity contribution is 6.33. The van der Waals surface area contributed by atoms with Crippen LogP contribution in [0.25, 0.3) is 11.3 Å². The molecule has 1 aromatic carbocycles. The van der Waals surface area contributed by atoms with Gasteiger partial charge in [0.1, 0.15) is 0 Å². The van der Waals surface area contributed by atoms with Gasteiger partial charge in [-0.05, 0) is 24.3 Å². The van der Waals surface area contributed by atoms with Crippen molar-refractivity contribution in [3.8, 4) is 11.3 Å². The van der Waals surface area contributed by atoms with E-state index in [-0.39, 0.29) is 5.56 Å². The summed E-state index contributed by atoms with van der Waals surface area (Å²) in [7, 11) is 0. The molecule has 4 heteroatoms. The van der Waals surface area contributed by atoms with Gasteiger partial charge in [0.15, 0.2) is 0 Å². The number of nitrogens with two attached hydrogens (primary N) is 1. The normalized spacial score (nSPS) is 10.2. The number of hydrogen-bond acceptors (Lipinski definition) is 2. The molecule has 76 valence electrons. The first-order chi connectivity index (χ1) is 7.16. The van der Waals surface area contributed by atoms with Crippen molar-refractivity contribution < 1.29 is 0 Å². The van der Waals surface area contributed by atoms with Crippen LogP contribution < -0.4 is 11.3 Å². The molecule has 0 fully saturated rings. The number of anilines is 1. The van der Waals surface area contributed by atoms with Crippen LogP contribution in [0.3, 0.4) is 0 Å². The van der Waals surface area contributed by atoms with Crippen molar-refractivity contribution in [1.29, 1.82) is 0 Å². The molecule has 15 heavy (non-hydrogen) atoms. The maximum absolute atomic E-state index is 11.1. The molecule has 1 heterocycles. The van der Waals surface area contributed by atoms with Gasteiger partial charge in [0, 0.05) is 23.0 Å². The van der Waals surface area contributed by atoms with Gasteiger partial charge in [-0.2, -0.15) is 0 Å². The Labute approximate surface area is 91.5 Å². The van der Waals surface area contributed by atoms with Gasteiger partial charge in [0.05, 0.1) is 5.02 Å². The SMILES string of the molecule is Nc1ccc(-c2cccc(=O)[nH]2)c(Cl)c1. The number of rotatable bonds is 1. The molecule has 2 aromatic rings. The standard InChI is InChI=1S/C11H9ClN2O/c12-9-6-7(13)4-5-8(9)10-2-1-3-11(15)14-10/h1-6H,13H2,(H,14,15). The Morgan fingerprint density at radius 3 is 2.67 bits per heavy atom. The summed E-state index contributed by atoms with van der Waals surface area (Å²) in [5.74, 6) is 0. The summed E-state index contributed by atoms with van der Waals surface area (Å²) in [6, 6.07) is 10.1. The molecule has 2 rings (SSSR count). The predicted octanol–water partition coefficient (Wildman–Crippen LogP) is 2.28. The Balaban J connectivity index is 2.59. The maximum Gasteiger partial charge on any atom is 0.248 e. The fraction of sp³-hybridized carbons (Fsp3) is 0. The number of pyridine rings is 1. The zero-order chi connectivity index (χ0) is 10.8. The fourth-order valence-electron chi connectivity index (χ4n) is 1.35. The van der Waals surface area contributed by atoms with Crippen LogP contribution in [-0.2, 0) is 0 Å². The summed E-state index contributed by atoms with van der Waals surface area (Å²) in [6.45, 7) is 0. The third-order valence-corrected chi connectivity index (χ3v) is 2.36. The van der Waals surface area contributed by atoms with E-state index in [4.69, 9.17) is 17.3 Å². The third-order valence-electron chi connectivity index (χ3n) is 2.05. The molecular formula is C11H9ClN2O. The van der Waals surface area contributed by atoms with Gasteiger partial charge in [0.25, 0.3) is 0 Å². The van der Waals surface area contributed by atoms with Crippen molar-refractivity contribution in [3.63, 3.8) is 0 Å². The van der Waals surface area contributed by atoms with E-state index in [1.165, 1.54) is 6.07 Å². The van der Waals surface area contributed by atoms with E-state index in [2.05, 4.69) is 4.98 Å². The van der Waals surface area contributed by atoms with Gasteiger partial charge in [-0.25, -0.2) is 0 Å². The van der Waals surface area contributed by atoms with Crippen LogP contribution in [0.1, 0.15) is 0 Å². The molecular weight excluding hydrogens is 212 g/mol. The first-order valence-electron chi connectivity index (χ1n) is 4.41. The van der Waals surface area contributed by atoms with Gasteiger partial charge in [-0.3, -0.25) is 4.79 Å². The van der Waals surface area contributed by atoms with Crippen LogP contribution in [0.5, 0.6) is 0 Å². The Bertz CT molecular complexity index is 548. The van der Waals surface area contributed by atoms with Crippen molar-refractivity contribution in [2.24, 2.45) is 0 Å². The van der Waals surface area contributed by atoms with Crippen LogP contribution >= 0.6 is 11.6 Å². The molecule has 0 saturated heterocycles. The number of aromatic amines is 1. The lowest BCUT2D eigenvalue weighted by Crippen LogP contribution is -2.03. The lowest BCUT2D eigenvalue weighted by Gasteiger charge is -2.04. The van der Waals surface area contributed by atoms with Crippen LogP contribution in [-0.4, -0.2) is 4.98 Å². The van der Waals surface area contributed by atoms with E-state index in [0.717, 1.165) is 5.56 Å². The summed E-state index contributed by atoms with van der Waals surface area (Å²) in [6.07, 6.45) is 0. The molecule has 0 radical (unpaired) electrons. The highest BCUT2D eigenvalue weighted by Crippen LogP contribution is 2.27. The molecule has 1 aromatic heterocycles. The van der Waals surface area contributed by atoms with Crippen LogP contribution in [0.4, 0.5) is 5.69 Å². The second kappa shape index (κ2) is 3.79. The van der Waals surface area contributed by atoms with Gasteiger partial charge in [-0.1, -0.05) is 17.7 Å². The Morgan fingerprint density at radius 1 is 1.20 bits per heavy atom. The minimum atomic E-state index is -0.152. The van der Waals surface area contributed by atoms with E-state index in [0.29, 0.717) is 16.4 Å². The molecule has 0 spiro atoms. The van der Waals surface area contributed by atoms with Crippen molar-refractivity contribution >= 4 is 17.3 Å². The van der Waals surface area contributed by atoms with E-state index in [9.17, 15) is 4.79 Å². The van der Waals surface area contributed by atoms with Gasteiger partial charge >= 0.3 is 0 Å². The predicted molar refractivity (Wildman–Crippen MR) is 61.9 cm³/mol. The molecule has 0 saturated carbocycles. The molecule has 0 atom stereocenters. The number of hydrogen-bond donors (Lipinski definition) is 2. The average Bonchev–Trinajstić information content (AvgIpc) is 2.17. The first-order valence-corrected chi connectivity index (χ1v) is 4.79. The minimum absolute atomic E-state index is 0.152. The topological polar surface area (TPSA) is 58.9 Å². The number of halogens is 1. The average molecular weight is 221 g/mol. The zero-order valence-electron chi connectivity index (χ0n) is 7.83. The number of nitrogen functional groups attached to an aromatic ring is 1. The lowest BCUT2D eigenvalue weighted by atomic mass is 10.1. The van der Waals surface area contributed by atoms with E-state index in [1.807, 2.05) is 0 Å². The fourth-order valence-corrected chi connectivity index (χ4v) is 1.65. The summed E-state index contributed by atoms with van der Waals surface area (Å²) in [4.78, 5) is 13.8. The molecule has 0 aliphatic carbocycles. The van der Waals surface area contributed by atoms with E-state index in [1.54, 1.807) is 30.3 Å². The largest absolute Gasteiger partial charge is 0.399 e. The second-order valence-corrected chi connectivity index (χ2v) is 3.58. The number of aromatic nitrogens is 1. The minimum Gasteiger partial charge on any atom is -0.399 e. The summed E-state index contributed by atoms with van der Waals surface area (Å²) < 4.78 is 0. The van der Waals surface area contributed by atoms with E-state index >= 15 is 0 Å². The van der Waals surface area contributed by atoms with E-state index < -0.39 is 0 Å². The first kappa shape index (κ1) is 9.80. The van der Waals surface area contributed by atoms with Crippen molar-refractivity contribution in [2.45, 2.75) is 0 Å². The monoisotopic (exact) mass is 220 g/mol. The van der Waals surface area contributed by atoms with Crippen molar-refractivity contribution in [2.75, 3.05) is 5.73 Å². The van der Waals surface area contributed by atoms with Crippen molar-refractivity contribution in [3.05, 3.63) is 51.8 Å². The van der Waals surface area contributed by atoms with Gasteiger partial charge < -0.3 is 10.7 Å². The van der Waals surface area contributed by atoms with Crippen LogP contribution in [0, 0.1) is 0 Å². The molecule has 0 aliphatic rings. The Kier molecular flexibility index (Phi) is 2.47. The number of H-pyrrole nitrogens is 1. The van der Waals surface area contributed by atoms with Gasteiger partial charge in [-0.15, -0.1) is 0 Å². The molecule has 0 aliphatic heterocycles. The smallest absolute Gasteiger partial charge is 0.248 e. The zero-order valence-corrected chi connectivity index (χ0v) is 8.58. The molecule has 0 unspecified atom stereocenters. The highest BCUT2D eigenvalue weighted by Gasteiger charge is 2.03. The summed E-state index contributed by atoms with van der Waals surface area (Å²) >= 11 is 6.01. The second-order valence-electron chi connectivity index (χ2n) is 3.17. The molecule has 0 bridgehead atoms. The number of benzene rings is 1. The highest BCUT2D eigenvalue weighted by atomic mass is 35.5. The van der Waals surface area contributed by atoms with Crippen molar-refractivity contribution in [1.82, 2.24) is 4.98 Å². The quantitative estimate of drug-likeness (QED) is 0.725. The van der Waals surface area contributed by atoms with Gasteiger partial charge in [0.2, 0.25) is 5.56 Å². The summed E-state index contributed by atoms with van der Waals surface area (Å²) in [5, 5.41) is 0.525. The Hall–Kier alpha value is -1.74. The Morgan fingerprint density at radius 2 is 2.00 bits per heavy atom.